The molecule has 0 aromatic heterocycles. The van der Waals surface area contributed by atoms with Gasteiger partial charge in [-0.2, -0.15) is 0 Å². The lowest BCUT2D eigenvalue weighted by molar-refractivity contribution is -0.120. The number of nitrogens with one attached hydrogen (secondary N) is 1. The van der Waals surface area contributed by atoms with Gasteiger partial charge in [0.2, 0.25) is 5.91 Å². The zero-order valence-corrected chi connectivity index (χ0v) is 11.2. The van der Waals surface area contributed by atoms with Crippen molar-refractivity contribution < 1.29 is 14.3 Å². The predicted molar refractivity (Wildman–Crippen MR) is 72.8 cm³/mol. The Morgan fingerprint density at radius 3 is 2.56 bits per heavy atom. The monoisotopic (exact) mass is 268 g/mol. The van der Waals surface area contributed by atoms with Gasteiger partial charge in [0, 0.05) is 6.54 Å². The molecule has 0 unspecified atom stereocenters. The summed E-state index contributed by atoms with van der Waals surface area (Å²) in [6.45, 7) is 0.391. The highest BCUT2D eigenvalue weighted by Crippen LogP contribution is 2.27. The van der Waals surface area contributed by atoms with E-state index in [1.165, 1.54) is 0 Å². The molecule has 1 amide bonds. The molecule has 0 bridgehead atoms. The number of hydrogen-bond acceptors (Lipinski definition) is 4. The van der Waals surface area contributed by atoms with E-state index in [0.717, 1.165) is 5.56 Å². The summed E-state index contributed by atoms with van der Waals surface area (Å²) >= 11 is 4.66. The first kappa shape index (κ1) is 14.2. The zero-order valence-electron chi connectivity index (χ0n) is 10.4. The molecule has 0 heterocycles. The summed E-state index contributed by atoms with van der Waals surface area (Å²) in [7, 11) is 3.13. The Bertz CT molecular complexity index is 449. The number of carbonyl (C=O) groups excluding carboxylic acids is 1. The van der Waals surface area contributed by atoms with Crippen molar-refractivity contribution in [3.63, 3.8) is 0 Å². The molecule has 0 aliphatic rings. The standard InChI is InChI=1S/C12H16N2O3S/c1-16-9-4-3-8(5-10(9)17-2)7-14-12(15)6-11(13)18/h3-5H,6-7H2,1-2H3,(H2,13,18)(H,14,15). The van der Waals surface area contributed by atoms with Gasteiger partial charge in [-0.1, -0.05) is 18.3 Å². The highest BCUT2D eigenvalue weighted by atomic mass is 32.1. The van der Waals surface area contributed by atoms with E-state index in [9.17, 15) is 4.79 Å². The minimum atomic E-state index is -0.197. The number of nitrogens with two attached hydrogens (primary N) is 1. The maximum absolute atomic E-state index is 11.4. The number of carbonyl (C=O) groups is 1. The third-order valence-corrected chi connectivity index (χ3v) is 2.42. The van der Waals surface area contributed by atoms with Crippen LogP contribution in [0.5, 0.6) is 11.5 Å². The highest BCUT2D eigenvalue weighted by Gasteiger charge is 2.06. The third-order valence-electron chi connectivity index (χ3n) is 2.27. The number of ether oxygens (including phenoxy) is 2. The van der Waals surface area contributed by atoms with Crippen molar-refractivity contribution in [3.8, 4) is 11.5 Å². The Labute approximate surface area is 111 Å². The maximum atomic E-state index is 11.4. The Kier molecular flexibility index (Phi) is 5.38. The van der Waals surface area contributed by atoms with E-state index < -0.39 is 0 Å². The van der Waals surface area contributed by atoms with Gasteiger partial charge < -0.3 is 20.5 Å². The molecule has 1 aromatic carbocycles. The van der Waals surface area contributed by atoms with Crippen molar-refractivity contribution in [3.05, 3.63) is 23.8 Å². The summed E-state index contributed by atoms with van der Waals surface area (Å²) in [6.07, 6.45) is 0.0582. The summed E-state index contributed by atoms with van der Waals surface area (Å²) in [6, 6.07) is 5.44. The maximum Gasteiger partial charge on any atom is 0.227 e. The lowest BCUT2D eigenvalue weighted by atomic mass is 10.2. The van der Waals surface area contributed by atoms with Gasteiger partial charge >= 0.3 is 0 Å². The summed E-state index contributed by atoms with van der Waals surface area (Å²) in [5.41, 5.74) is 6.19. The van der Waals surface area contributed by atoms with E-state index in [2.05, 4.69) is 17.5 Å². The van der Waals surface area contributed by atoms with Gasteiger partial charge in [0.15, 0.2) is 11.5 Å². The van der Waals surface area contributed by atoms with Gasteiger partial charge in [-0.25, -0.2) is 0 Å². The number of amides is 1. The molecule has 0 aliphatic carbocycles. The van der Waals surface area contributed by atoms with Crippen LogP contribution < -0.4 is 20.5 Å². The van der Waals surface area contributed by atoms with Crippen LogP contribution in [0.25, 0.3) is 0 Å². The van der Waals surface area contributed by atoms with Crippen LogP contribution in [-0.4, -0.2) is 25.1 Å². The van der Waals surface area contributed by atoms with Gasteiger partial charge in [-0.3, -0.25) is 4.79 Å². The van der Waals surface area contributed by atoms with Crippen LogP contribution in [0.15, 0.2) is 18.2 Å². The molecule has 0 spiro atoms. The van der Waals surface area contributed by atoms with Crippen molar-refractivity contribution >= 4 is 23.1 Å². The fourth-order valence-electron chi connectivity index (χ4n) is 1.41. The Morgan fingerprint density at radius 2 is 2.00 bits per heavy atom. The summed E-state index contributed by atoms with van der Waals surface area (Å²) < 4.78 is 10.3. The molecular formula is C12H16N2O3S. The van der Waals surface area contributed by atoms with Gasteiger partial charge in [0.05, 0.1) is 25.6 Å². The molecule has 18 heavy (non-hydrogen) atoms. The lowest BCUT2D eigenvalue weighted by Crippen LogP contribution is -2.27. The molecule has 0 radical (unpaired) electrons. The average Bonchev–Trinajstić information content (AvgIpc) is 2.35. The van der Waals surface area contributed by atoms with Crippen LogP contribution in [0, 0.1) is 0 Å². The largest absolute Gasteiger partial charge is 0.493 e. The van der Waals surface area contributed by atoms with Crippen molar-refractivity contribution in [2.45, 2.75) is 13.0 Å². The van der Waals surface area contributed by atoms with Crippen LogP contribution in [-0.2, 0) is 11.3 Å². The van der Waals surface area contributed by atoms with E-state index in [-0.39, 0.29) is 17.3 Å². The second kappa shape index (κ2) is 6.80. The third kappa shape index (κ3) is 4.21. The molecular weight excluding hydrogens is 252 g/mol. The molecule has 6 heteroatoms. The van der Waals surface area contributed by atoms with Crippen LogP contribution in [0.3, 0.4) is 0 Å². The van der Waals surface area contributed by atoms with E-state index in [0.29, 0.717) is 18.0 Å². The molecule has 1 rings (SSSR count). The van der Waals surface area contributed by atoms with Crippen molar-refractivity contribution in [1.82, 2.24) is 5.32 Å². The molecule has 5 nitrogen and oxygen atoms in total. The Hall–Kier alpha value is -1.82. The predicted octanol–water partition coefficient (Wildman–Crippen LogP) is 0.996. The van der Waals surface area contributed by atoms with Gasteiger partial charge in [0.1, 0.15) is 0 Å². The summed E-state index contributed by atoms with van der Waals surface area (Å²) in [5.74, 6) is 1.08. The van der Waals surface area contributed by atoms with Crippen molar-refractivity contribution in [1.29, 1.82) is 0 Å². The van der Waals surface area contributed by atoms with Crippen molar-refractivity contribution in [2.24, 2.45) is 5.73 Å². The van der Waals surface area contributed by atoms with E-state index >= 15 is 0 Å². The summed E-state index contributed by atoms with van der Waals surface area (Å²) in [4.78, 5) is 11.6. The summed E-state index contributed by atoms with van der Waals surface area (Å²) in [5, 5.41) is 2.72. The SMILES string of the molecule is COc1ccc(CNC(=O)CC(N)=S)cc1OC. The molecule has 0 atom stereocenters. The second-order valence-electron chi connectivity index (χ2n) is 3.61. The fraction of sp³-hybridized carbons (Fsp3) is 0.333. The van der Waals surface area contributed by atoms with Crippen LogP contribution >= 0.6 is 12.2 Å². The number of methoxy groups -OCH3 is 2. The number of thiocarbonyl (C=S) groups is 1. The smallest absolute Gasteiger partial charge is 0.227 e. The van der Waals surface area contributed by atoms with Crippen molar-refractivity contribution in [2.75, 3.05) is 14.2 Å². The van der Waals surface area contributed by atoms with Gasteiger partial charge in [-0.05, 0) is 17.7 Å². The quantitative estimate of drug-likeness (QED) is 0.753. The minimum absolute atomic E-state index is 0.0582. The Balaban J connectivity index is 2.63. The first-order valence-electron chi connectivity index (χ1n) is 5.32. The van der Waals surface area contributed by atoms with Crippen LogP contribution in [0.2, 0.25) is 0 Å². The minimum Gasteiger partial charge on any atom is -0.493 e. The Morgan fingerprint density at radius 1 is 1.33 bits per heavy atom. The molecule has 1 aromatic rings. The number of rotatable bonds is 6. The van der Waals surface area contributed by atoms with Crippen LogP contribution in [0.4, 0.5) is 0 Å². The molecule has 0 saturated carbocycles. The topological polar surface area (TPSA) is 73.6 Å². The molecule has 0 aliphatic heterocycles. The first-order chi connectivity index (χ1) is 8.56. The number of hydrogen-bond donors (Lipinski definition) is 2. The molecule has 0 fully saturated rings. The number of benzene rings is 1. The van der Waals surface area contributed by atoms with Gasteiger partial charge in [-0.15, -0.1) is 0 Å². The fourth-order valence-corrected chi connectivity index (χ4v) is 1.54. The zero-order chi connectivity index (χ0) is 13.5. The second-order valence-corrected chi connectivity index (χ2v) is 4.13. The van der Waals surface area contributed by atoms with E-state index in [4.69, 9.17) is 15.2 Å². The first-order valence-corrected chi connectivity index (χ1v) is 5.73. The van der Waals surface area contributed by atoms with E-state index in [1.54, 1.807) is 26.4 Å². The normalized spacial score (nSPS) is 9.67. The van der Waals surface area contributed by atoms with E-state index in [1.807, 2.05) is 6.07 Å². The molecule has 3 N–H and O–H groups in total. The lowest BCUT2D eigenvalue weighted by Gasteiger charge is -2.10. The molecule has 0 saturated heterocycles. The van der Waals surface area contributed by atoms with Gasteiger partial charge in [0.25, 0.3) is 0 Å². The highest BCUT2D eigenvalue weighted by molar-refractivity contribution is 7.80. The average molecular weight is 268 g/mol. The van der Waals surface area contributed by atoms with Crippen LogP contribution in [0.1, 0.15) is 12.0 Å². The molecule has 98 valence electrons.